The maximum Gasteiger partial charge on any atom is 0.282 e. The molecule has 5 heterocycles. The van der Waals surface area contributed by atoms with Crippen LogP contribution in [0, 0.1) is 13.8 Å². The van der Waals surface area contributed by atoms with Crippen molar-refractivity contribution in [2.75, 3.05) is 23.3 Å². The van der Waals surface area contributed by atoms with E-state index in [2.05, 4.69) is 45.9 Å². The van der Waals surface area contributed by atoms with Crippen LogP contribution in [-0.2, 0) is 17.8 Å². The third-order valence-electron chi connectivity index (χ3n) is 6.10. The molecule has 0 spiro atoms. The molecule has 1 saturated heterocycles. The fourth-order valence-electron chi connectivity index (χ4n) is 4.23. The van der Waals surface area contributed by atoms with Crippen molar-refractivity contribution in [2.24, 2.45) is 0 Å². The first-order chi connectivity index (χ1) is 18.4. The molecule has 1 unspecified atom stereocenters. The molecule has 0 radical (unpaired) electrons. The lowest BCUT2D eigenvalue weighted by atomic mass is 10.1. The molecule has 0 bridgehead atoms. The molecular weight excluding hydrogens is 502 g/mol. The summed E-state index contributed by atoms with van der Waals surface area (Å²) < 4.78 is 0. The van der Waals surface area contributed by atoms with Gasteiger partial charge in [0.1, 0.15) is 0 Å². The Morgan fingerprint density at radius 2 is 1.71 bits per heavy atom. The molecule has 1 atom stereocenters. The van der Waals surface area contributed by atoms with Crippen molar-refractivity contribution in [1.29, 1.82) is 0 Å². The van der Waals surface area contributed by atoms with E-state index in [0.29, 0.717) is 34.7 Å². The zero-order valence-electron chi connectivity index (χ0n) is 21.1. The lowest BCUT2D eigenvalue weighted by molar-refractivity contribution is -0.115. The number of aryl methyl sites for hydroxylation is 2. The van der Waals surface area contributed by atoms with Crippen LogP contribution in [0.3, 0.4) is 0 Å². The number of aromatic nitrogens is 6. The average Bonchev–Trinajstić information content (AvgIpc) is 3.58. The maximum absolute atomic E-state index is 12.5. The first kappa shape index (κ1) is 25.3. The van der Waals surface area contributed by atoms with Gasteiger partial charge in [0.15, 0.2) is 5.82 Å². The Kier molecular flexibility index (Phi) is 7.59. The van der Waals surface area contributed by atoms with Crippen LogP contribution in [-0.4, -0.2) is 55.3 Å². The van der Waals surface area contributed by atoms with Crippen LogP contribution < -0.4 is 15.5 Å². The van der Waals surface area contributed by atoms with Gasteiger partial charge in [-0.3, -0.25) is 19.6 Å². The molecule has 4 aromatic heterocycles. The van der Waals surface area contributed by atoms with Crippen LogP contribution in [0.5, 0.6) is 0 Å². The third-order valence-corrected chi connectivity index (χ3v) is 7.08. The largest absolute Gasteiger partial charge is 0.346 e. The SMILES string of the molecule is Cc1cccc(CNC(=O)c2nnc(N3CCC(c4ccc(NC(=O)Cc5cccc(C)n5)nn4)C3)s2)n1. The van der Waals surface area contributed by atoms with Gasteiger partial charge in [0.25, 0.3) is 5.91 Å². The molecule has 12 heteroatoms. The average molecular weight is 530 g/mol. The number of anilines is 2. The van der Waals surface area contributed by atoms with E-state index in [1.165, 1.54) is 11.3 Å². The van der Waals surface area contributed by atoms with E-state index in [9.17, 15) is 9.59 Å². The third kappa shape index (κ3) is 6.32. The number of amides is 2. The topological polar surface area (TPSA) is 139 Å². The predicted octanol–water partition coefficient (Wildman–Crippen LogP) is 2.84. The zero-order chi connectivity index (χ0) is 26.5. The van der Waals surface area contributed by atoms with Gasteiger partial charge in [-0.1, -0.05) is 23.5 Å². The molecule has 194 valence electrons. The number of nitrogens with zero attached hydrogens (tertiary/aromatic N) is 7. The van der Waals surface area contributed by atoms with Gasteiger partial charge in [-0.15, -0.1) is 15.3 Å². The molecule has 4 aromatic rings. The number of nitrogens with one attached hydrogen (secondary N) is 2. The second kappa shape index (κ2) is 11.4. The first-order valence-electron chi connectivity index (χ1n) is 12.3. The first-order valence-corrected chi connectivity index (χ1v) is 13.1. The summed E-state index contributed by atoms with van der Waals surface area (Å²) in [7, 11) is 0. The van der Waals surface area contributed by atoms with E-state index in [1.807, 2.05) is 56.3 Å². The van der Waals surface area contributed by atoms with Gasteiger partial charge in [-0.05, 0) is 56.7 Å². The minimum Gasteiger partial charge on any atom is -0.346 e. The quantitative estimate of drug-likeness (QED) is 0.353. The highest BCUT2D eigenvalue weighted by Crippen LogP contribution is 2.31. The predicted molar refractivity (Wildman–Crippen MR) is 143 cm³/mol. The Labute approximate surface area is 223 Å². The van der Waals surface area contributed by atoms with E-state index >= 15 is 0 Å². The highest BCUT2D eigenvalue weighted by atomic mass is 32.1. The van der Waals surface area contributed by atoms with Crippen LogP contribution in [0.4, 0.5) is 10.9 Å². The zero-order valence-corrected chi connectivity index (χ0v) is 21.9. The molecule has 5 rings (SSSR count). The van der Waals surface area contributed by atoms with Crippen molar-refractivity contribution < 1.29 is 9.59 Å². The van der Waals surface area contributed by atoms with Crippen molar-refractivity contribution in [3.05, 3.63) is 82.0 Å². The minimum absolute atomic E-state index is 0.164. The standard InChI is InChI=1S/C26H27N9O2S/c1-16-5-3-7-19(28-16)13-23(36)30-22-10-9-21(31-32-22)18-11-12-35(15-18)26-34-33-25(38-26)24(37)27-14-20-8-4-6-17(2)29-20/h3-10,18H,11-15H2,1-2H3,(H,27,37)(H,30,32,36). The lowest BCUT2D eigenvalue weighted by Gasteiger charge is -2.14. The number of pyridine rings is 2. The monoisotopic (exact) mass is 529 g/mol. The van der Waals surface area contributed by atoms with E-state index in [4.69, 9.17) is 0 Å². The van der Waals surface area contributed by atoms with E-state index in [-0.39, 0.29) is 24.2 Å². The number of hydrogen-bond acceptors (Lipinski definition) is 10. The number of carbonyl (C=O) groups is 2. The van der Waals surface area contributed by atoms with Crippen molar-refractivity contribution in [2.45, 2.75) is 39.2 Å². The molecule has 0 saturated carbocycles. The molecule has 1 aliphatic heterocycles. The Bertz CT molecular complexity index is 1440. The van der Waals surface area contributed by atoms with E-state index < -0.39 is 0 Å². The van der Waals surface area contributed by atoms with Crippen molar-refractivity contribution in [3.8, 4) is 0 Å². The molecule has 11 nitrogen and oxygen atoms in total. The van der Waals surface area contributed by atoms with Crippen LogP contribution in [0.2, 0.25) is 0 Å². The normalized spacial score (nSPS) is 14.9. The highest BCUT2D eigenvalue weighted by Gasteiger charge is 2.28. The summed E-state index contributed by atoms with van der Waals surface area (Å²) in [5, 5.41) is 23.5. The Morgan fingerprint density at radius 1 is 0.947 bits per heavy atom. The summed E-state index contributed by atoms with van der Waals surface area (Å²) in [6, 6.07) is 14.9. The number of hydrogen-bond donors (Lipinski definition) is 2. The maximum atomic E-state index is 12.5. The van der Waals surface area contributed by atoms with Gasteiger partial charge < -0.3 is 15.5 Å². The van der Waals surface area contributed by atoms with Crippen LogP contribution >= 0.6 is 11.3 Å². The van der Waals surface area contributed by atoms with Gasteiger partial charge in [-0.2, -0.15) is 5.10 Å². The van der Waals surface area contributed by atoms with E-state index in [0.717, 1.165) is 35.7 Å². The molecule has 1 aliphatic rings. The summed E-state index contributed by atoms with van der Waals surface area (Å²) in [5.41, 5.74) is 4.12. The second-order valence-corrected chi connectivity index (χ2v) is 10.1. The van der Waals surface area contributed by atoms with Gasteiger partial charge in [-0.25, -0.2) is 0 Å². The highest BCUT2D eigenvalue weighted by molar-refractivity contribution is 7.17. The molecule has 2 amide bonds. The van der Waals surface area contributed by atoms with Crippen molar-refractivity contribution in [3.63, 3.8) is 0 Å². The molecule has 1 fully saturated rings. The van der Waals surface area contributed by atoms with Gasteiger partial charge in [0.2, 0.25) is 16.0 Å². The summed E-state index contributed by atoms with van der Waals surface area (Å²) in [4.78, 5) is 35.7. The van der Waals surface area contributed by atoms with Gasteiger partial charge in [0, 0.05) is 36.1 Å². The number of rotatable bonds is 8. The van der Waals surface area contributed by atoms with Crippen molar-refractivity contribution >= 4 is 34.1 Å². The van der Waals surface area contributed by atoms with Crippen LogP contribution in [0.1, 0.15) is 50.6 Å². The molecule has 0 aromatic carbocycles. The molecule has 2 N–H and O–H groups in total. The van der Waals surface area contributed by atoms with Crippen LogP contribution in [0.25, 0.3) is 0 Å². The van der Waals surface area contributed by atoms with Crippen LogP contribution in [0.15, 0.2) is 48.5 Å². The van der Waals surface area contributed by atoms with Gasteiger partial charge >= 0.3 is 0 Å². The molecule has 38 heavy (non-hydrogen) atoms. The summed E-state index contributed by atoms with van der Waals surface area (Å²) >= 11 is 1.27. The summed E-state index contributed by atoms with van der Waals surface area (Å²) in [6.07, 6.45) is 1.05. The molecule has 0 aliphatic carbocycles. The van der Waals surface area contributed by atoms with Crippen molar-refractivity contribution in [1.82, 2.24) is 35.7 Å². The smallest absolute Gasteiger partial charge is 0.282 e. The Morgan fingerprint density at radius 3 is 2.45 bits per heavy atom. The lowest BCUT2D eigenvalue weighted by Crippen LogP contribution is -2.23. The Hall–Kier alpha value is -4.32. The minimum atomic E-state index is -0.269. The Balaban J connectivity index is 1.13. The van der Waals surface area contributed by atoms with Gasteiger partial charge in [0.05, 0.1) is 24.4 Å². The fourth-order valence-corrected chi connectivity index (χ4v) is 5.03. The summed E-state index contributed by atoms with van der Waals surface area (Å²) in [6.45, 7) is 5.61. The van der Waals surface area contributed by atoms with E-state index in [1.54, 1.807) is 6.07 Å². The summed E-state index contributed by atoms with van der Waals surface area (Å²) in [5.74, 6) is 0.108. The molecular formula is C26H27N9O2S. The second-order valence-electron chi connectivity index (χ2n) is 9.11. The fraction of sp³-hybridized carbons (Fsp3) is 0.308. The number of carbonyl (C=O) groups excluding carboxylic acids is 2.